The first-order valence-electron chi connectivity index (χ1n) is 8.30. The molecule has 5 heteroatoms. The predicted molar refractivity (Wildman–Crippen MR) is 90.3 cm³/mol. The van der Waals surface area contributed by atoms with E-state index >= 15 is 0 Å². The monoisotopic (exact) mass is 307 g/mol. The SMILES string of the molecule is Cc1cc(NC(c2ccccc2)C2CCCC2)n2ncnc2n1. The minimum Gasteiger partial charge on any atom is -0.363 e. The molecule has 1 fully saturated rings. The predicted octanol–water partition coefficient (Wildman–Crippen LogP) is 3.78. The number of hydrogen-bond acceptors (Lipinski definition) is 4. The number of nitrogens with one attached hydrogen (secondary N) is 1. The van der Waals surface area contributed by atoms with Gasteiger partial charge in [0.2, 0.25) is 0 Å². The molecule has 0 saturated heterocycles. The number of fused-ring (bicyclic) bond motifs is 1. The van der Waals surface area contributed by atoms with Gasteiger partial charge in [-0.3, -0.25) is 0 Å². The second kappa shape index (κ2) is 5.99. The molecule has 0 spiro atoms. The Kier molecular flexibility index (Phi) is 3.69. The van der Waals surface area contributed by atoms with Gasteiger partial charge in [-0.15, -0.1) is 0 Å². The van der Waals surface area contributed by atoms with Crippen molar-refractivity contribution in [1.29, 1.82) is 0 Å². The summed E-state index contributed by atoms with van der Waals surface area (Å²) in [6.07, 6.45) is 6.75. The van der Waals surface area contributed by atoms with Crippen LogP contribution in [0.1, 0.15) is 43.0 Å². The van der Waals surface area contributed by atoms with Crippen molar-refractivity contribution in [3.05, 3.63) is 54.0 Å². The maximum Gasteiger partial charge on any atom is 0.254 e. The normalized spacial score (nSPS) is 16.7. The minimum absolute atomic E-state index is 0.299. The summed E-state index contributed by atoms with van der Waals surface area (Å²) in [5.74, 6) is 2.26. The summed E-state index contributed by atoms with van der Waals surface area (Å²) < 4.78 is 1.79. The summed E-state index contributed by atoms with van der Waals surface area (Å²) >= 11 is 0. The highest BCUT2D eigenvalue weighted by Gasteiger charge is 2.27. The minimum atomic E-state index is 0.299. The Morgan fingerprint density at radius 2 is 1.96 bits per heavy atom. The molecule has 4 rings (SSSR count). The summed E-state index contributed by atoms with van der Waals surface area (Å²) in [6, 6.07) is 13.1. The molecule has 3 aromatic rings. The van der Waals surface area contributed by atoms with Crippen LogP contribution in [0.3, 0.4) is 0 Å². The third-order valence-electron chi connectivity index (χ3n) is 4.71. The average molecular weight is 307 g/mol. The molecular formula is C18H21N5. The first-order valence-corrected chi connectivity index (χ1v) is 8.30. The number of rotatable bonds is 4. The van der Waals surface area contributed by atoms with Gasteiger partial charge in [0.15, 0.2) is 0 Å². The van der Waals surface area contributed by atoms with Gasteiger partial charge in [0, 0.05) is 11.8 Å². The van der Waals surface area contributed by atoms with Crippen molar-refractivity contribution in [3.63, 3.8) is 0 Å². The quantitative estimate of drug-likeness (QED) is 0.797. The number of aromatic nitrogens is 4. The van der Waals surface area contributed by atoms with Crippen molar-refractivity contribution in [1.82, 2.24) is 19.6 Å². The lowest BCUT2D eigenvalue weighted by Gasteiger charge is -2.26. The van der Waals surface area contributed by atoms with E-state index in [1.807, 2.05) is 13.0 Å². The molecule has 1 aliphatic rings. The van der Waals surface area contributed by atoms with Crippen LogP contribution in [0.5, 0.6) is 0 Å². The molecule has 0 amide bonds. The van der Waals surface area contributed by atoms with Crippen molar-refractivity contribution in [3.8, 4) is 0 Å². The van der Waals surface area contributed by atoms with Gasteiger partial charge in [0.25, 0.3) is 5.78 Å². The fourth-order valence-electron chi connectivity index (χ4n) is 3.62. The number of benzene rings is 1. The molecular weight excluding hydrogens is 286 g/mol. The van der Waals surface area contributed by atoms with Crippen LogP contribution in [-0.2, 0) is 0 Å². The highest BCUT2D eigenvalue weighted by molar-refractivity contribution is 5.46. The van der Waals surface area contributed by atoms with E-state index in [4.69, 9.17) is 0 Å². The van der Waals surface area contributed by atoms with Gasteiger partial charge in [-0.2, -0.15) is 14.6 Å². The van der Waals surface area contributed by atoms with Crippen LogP contribution in [0.25, 0.3) is 5.78 Å². The van der Waals surface area contributed by atoms with Crippen LogP contribution < -0.4 is 5.32 Å². The van der Waals surface area contributed by atoms with Gasteiger partial charge >= 0.3 is 0 Å². The molecule has 1 aliphatic carbocycles. The standard InChI is InChI=1S/C18H21N5/c1-13-11-16(23-18(21-13)19-12-20-23)22-17(15-9-5-6-10-15)14-7-3-2-4-8-14/h2-4,7-8,11-12,15,17,22H,5-6,9-10H2,1H3. The molecule has 2 heterocycles. The zero-order valence-electron chi connectivity index (χ0n) is 13.3. The van der Waals surface area contributed by atoms with Crippen LogP contribution >= 0.6 is 0 Å². The molecule has 0 bridgehead atoms. The van der Waals surface area contributed by atoms with Crippen LogP contribution in [-0.4, -0.2) is 19.6 Å². The number of nitrogens with zero attached hydrogens (tertiary/aromatic N) is 4. The smallest absolute Gasteiger partial charge is 0.254 e. The van der Waals surface area contributed by atoms with Crippen LogP contribution in [0.2, 0.25) is 0 Å². The molecule has 5 nitrogen and oxygen atoms in total. The Morgan fingerprint density at radius 1 is 1.17 bits per heavy atom. The fraction of sp³-hybridized carbons (Fsp3) is 0.389. The first kappa shape index (κ1) is 14.2. The molecule has 1 saturated carbocycles. The highest BCUT2D eigenvalue weighted by Crippen LogP contribution is 2.37. The zero-order chi connectivity index (χ0) is 15.6. The van der Waals surface area contributed by atoms with Crippen LogP contribution in [0.4, 0.5) is 5.82 Å². The Morgan fingerprint density at radius 3 is 2.74 bits per heavy atom. The van der Waals surface area contributed by atoms with Crippen LogP contribution in [0, 0.1) is 12.8 Å². The second-order valence-corrected chi connectivity index (χ2v) is 6.33. The molecule has 1 atom stereocenters. The summed E-state index contributed by atoms with van der Waals surface area (Å²) in [4.78, 5) is 8.64. The first-order chi connectivity index (χ1) is 11.3. The van der Waals surface area contributed by atoms with Crippen LogP contribution in [0.15, 0.2) is 42.7 Å². The summed E-state index contributed by atoms with van der Waals surface area (Å²) in [6.45, 7) is 1.99. The van der Waals surface area contributed by atoms with Crippen molar-refractivity contribution in [2.75, 3.05) is 5.32 Å². The lowest BCUT2D eigenvalue weighted by molar-refractivity contribution is 0.468. The van der Waals surface area contributed by atoms with E-state index in [0.29, 0.717) is 17.7 Å². The lowest BCUT2D eigenvalue weighted by atomic mass is 9.91. The molecule has 0 aliphatic heterocycles. The van der Waals surface area contributed by atoms with E-state index < -0.39 is 0 Å². The number of anilines is 1. The molecule has 23 heavy (non-hydrogen) atoms. The molecule has 118 valence electrons. The highest BCUT2D eigenvalue weighted by atomic mass is 15.4. The summed E-state index contributed by atoms with van der Waals surface area (Å²) in [7, 11) is 0. The Bertz CT molecular complexity index is 790. The third-order valence-corrected chi connectivity index (χ3v) is 4.71. The van der Waals surface area contributed by atoms with Crippen molar-refractivity contribution < 1.29 is 0 Å². The Balaban J connectivity index is 1.73. The third kappa shape index (κ3) is 2.79. The van der Waals surface area contributed by atoms with Gasteiger partial charge in [-0.05, 0) is 31.2 Å². The topological polar surface area (TPSA) is 55.1 Å². The number of hydrogen-bond donors (Lipinski definition) is 1. The van der Waals surface area contributed by atoms with E-state index in [1.54, 1.807) is 10.8 Å². The van der Waals surface area contributed by atoms with E-state index in [1.165, 1.54) is 31.2 Å². The van der Waals surface area contributed by atoms with Crippen molar-refractivity contribution >= 4 is 11.6 Å². The van der Waals surface area contributed by atoms with Crippen molar-refractivity contribution in [2.45, 2.75) is 38.6 Å². The van der Waals surface area contributed by atoms with E-state index in [9.17, 15) is 0 Å². The van der Waals surface area contributed by atoms with E-state index in [0.717, 1.165) is 11.5 Å². The lowest BCUT2D eigenvalue weighted by Crippen LogP contribution is -2.21. The molecule has 2 aromatic heterocycles. The van der Waals surface area contributed by atoms with E-state index in [2.05, 4.69) is 50.7 Å². The Labute approximate surface area is 135 Å². The van der Waals surface area contributed by atoms with Gasteiger partial charge in [-0.25, -0.2) is 4.98 Å². The second-order valence-electron chi connectivity index (χ2n) is 6.33. The number of aryl methyl sites for hydroxylation is 1. The Hall–Kier alpha value is -2.43. The van der Waals surface area contributed by atoms with Gasteiger partial charge < -0.3 is 5.32 Å². The maximum atomic E-state index is 4.42. The maximum absolute atomic E-state index is 4.42. The van der Waals surface area contributed by atoms with Gasteiger partial charge in [-0.1, -0.05) is 43.2 Å². The van der Waals surface area contributed by atoms with E-state index in [-0.39, 0.29) is 0 Å². The summed E-state index contributed by atoms with van der Waals surface area (Å²) in [5, 5.41) is 8.04. The van der Waals surface area contributed by atoms with Gasteiger partial charge in [0.1, 0.15) is 12.1 Å². The zero-order valence-corrected chi connectivity index (χ0v) is 13.3. The van der Waals surface area contributed by atoms with Gasteiger partial charge in [0.05, 0.1) is 6.04 Å². The molecule has 1 unspecified atom stereocenters. The van der Waals surface area contributed by atoms with Crippen molar-refractivity contribution in [2.24, 2.45) is 5.92 Å². The fourth-order valence-corrected chi connectivity index (χ4v) is 3.62. The molecule has 1 N–H and O–H groups in total. The largest absolute Gasteiger partial charge is 0.363 e. The average Bonchev–Trinajstić information content (AvgIpc) is 3.24. The molecule has 1 aromatic carbocycles. The summed E-state index contributed by atoms with van der Waals surface area (Å²) in [5.41, 5.74) is 2.29. The molecule has 0 radical (unpaired) electrons.